The summed E-state index contributed by atoms with van der Waals surface area (Å²) in [5, 5.41) is 10.2. The summed E-state index contributed by atoms with van der Waals surface area (Å²) in [6.07, 6.45) is 5.54. The summed E-state index contributed by atoms with van der Waals surface area (Å²) in [4.78, 5) is 22.6. The predicted molar refractivity (Wildman–Crippen MR) is 149 cm³/mol. The lowest BCUT2D eigenvalue weighted by Gasteiger charge is -2.37. The molecule has 39 heavy (non-hydrogen) atoms. The molecule has 4 heterocycles. The van der Waals surface area contributed by atoms with Crippen LogP contribution in [-0.2, 0) is 24.2 Å². The maximum absolute atomic E-state index is 13.6. The van der Waals surface area contributed by atoms with Gasteiger partial charge in [0.2, 0.25) is 0 Å². The van der Waals surface area contributed by atoms with Crippen molar-refractivity contribution in [1.29, 1.82) is 0 Å². The third kappa shape index (κ3) is 6.16. The Balaban J connectivity index is 1.25. The van der Waals surface area contributed by atoms with E-state index in [0.717, 1.165) is 49.5 Å². The second-order valence-corrected chi connectivity index (χ2v) is 11.0. The van der Waals surface area contributed by atoms with Crippen LogP contribution in [-0.4, -0.2) is 70.4 Å². The normalized spacial score (nSPS) is 23.9. The molecule has 0 aliphatic carbocycles. The maximum Gasteiger partial charge on any atom is 0.254 e. The highest BCUT2D eigenvalue weighted by Gasteiger charge is 2.43. The van der Waals surface area contributed by atoms with E-state index in [4.69, 9.17) is 9.47 Å². The maximum atomic E-state index is 13.6. The molecule has 2 aromatic carbocycles. The van der Waals surface area contributed by atoms with E-state index in [2.05, 4.69) is 40.2 Å². The summed E-state index contributed by atoms with van der Waals surface area (Å²) < 4.78 is 12.1. The first-order valence-corrected chi connectivity index (χ1v) is 14.2. The molecule has 2 unspecified atom stereocenters. The molecule has 2 fully saturated rings. The Morgan fingerprint density at radius 2 is 1.79 bits per heavy atom. The lowest BCUT2D eigenvalue weighted by Crippen LogP contribution is -2.48. The van der Waals surface area contributed by atoms with E-state index in [0.29, 0.717) is 44.6 Å². The number of fused-ring (bicyclic) bond motifs is 5. The molecule has 4 bridgehead atoms. The van der Waals surface area contributed by atoms with Crippen LogP contribution in [0.15, 0.2) is 66.9 Å². The Kier molecular flexibility index (Phi) is 7.90. The molecule has 7 heteroatoms. The molecule has 1 amide bonds. The fraction of sp³-hybridized carbons (Fsp3) is 0.438. The molecule has 0 saturated carbocycles. The van der Waals surface area contributed by atoms with Gasteiger partial charge in [0.25, 0.3) is 5.91 Å². The fourth-order valence-electron chi connectivity index (χ4n) is 6.38. The van der Waals surface area contributed by atoms with Crippen molar-refractivity contribution in [2.45, 2.75) is 63.4 Å². The van der Waals surface area contributed by atoms with Gasteiger partial charge >= 0.3 is 0 Å². The van der Waals surface area contributed by atoms with Crippen LogP contribution in [0.5, 0.6) is 5.75 Å². The average molecular weight is 528 g/mol. The van der Waals surface area contributed by atoms with Crippen molar-refractivity contribution in [3.63, 3.8) is 0 Å². The van der Waals surface area contributed by atoms with E-state index in [1.165, 1.54) is 11.1 Å². The van der Waals surface area contributed by atoms with E-state index in [1.54, 1.807) is 0 Å². The topological polar surface area (TPSA) is 75.1 Å². The number of amides is 1. The molecular weight excluding hydrogens is 490 g/mol. The molecule has 1 aromatic heterocycles. The summed E-state index contributed by atoms with van der Waals surface area (Å²) in [6.45, 7) is 3.94. The van der Waals surface area contributed by atoms with Crippen molar-refractivity contribution >= 4 is 5.91 Å². The number of hydrogen-bond acceptors (Lipinski definition) is 6. The van der Waals surface area contributed by atoms with Crippen LogP contribution in [0.1, 0.15) is 58.4 Å². The van der Waals surface area contributed by atoms with Crippen LogP contribution in [0.25, 0.3) is 0 Å². The molecule has 3 aromatic rings. The van der Waals surface area contributed by atoms with Crippen LogP contribution in [0.3, 0.4) is 0 Å². The number of carbonyl (C=O) groups excluding carboxylic acids is 1. The van der Waals surface area contributed by atoms with E-state index >= 15 is 0 Å². The van der Waals surface area contributed by atoms with Crippen LogP contribution < -0.4 is 4.74 Å². The Morgan fingerprint density at radius 1 is 0.949 bits per heavy atom. The number of pyridine rings is 1. The van der Waals surface area contributed by atoms with E-state index < -0.39 is 0 Å². The summed E-state index contributed by atoms with van der Waals surface area (Å²) in [7, 11) is 0. The summed E-state index contributed by atoms with van der Waals surface area (Å²) in [5.74, 6) is 0.866. The van der Waals surface area contributed by atoms with Gasteiger partial charge in [0.05, 0.1) is 25.0 Å². The number of ether oxygens (including phenoxy) is 2. The highest BCUT2D eigenvalue weighted by Crippen LogP contribution is 2.37. The van der Waals surface area contributed by atoms with Gasteiger partial charge in [0.15, 0.2) is 0 Å². The zero-order valence-electron chi connectivity index (χ0n) is 22.4. The largest absolute Gasteiger partial charge is 0.491 e. The molecule has 0 radical (unpaired) electrons. The third-order valence-corrected chi connectivity index (χ3v) is 8.19. The monoisotopic (exact) mass is 527 g/mol. The predicted octanol–water partition coefficient (Wildman–Crippen LogP) is 4.21. The van der Waals surface area contributed by atoms with Crippen LogP contribution in [0.4, 0.5) is 0 Å². The van der Waals surface area contributed by atoms with Gasteiger partial charge in [0.1, 0.15) is 12.4 Å². The lowest BCUT2D eigenvalue weighted by atomic mass is 9.96. The van der Waals surface area contributed by atoms with Gasteiger partial charge in [0, 0.05) is 49.9 Å². The number of aliphatic hydroxyl groups is 1. The van der Waals surface area contributed by atoms with Crippen LogP contribution in [0.2, 0.25) is 0 Å². The minimum absolute atomic E-state index is 0.0684. The number of benzene rings is 2. The molecule has 204 valence electrons. The van der Waals surface area contributed by atoms with E-state index in [1.807, 2.05) is 41.4 Å². The molecule has 7 nitrogen and oxygen atoms in total. The Bertz CT molecular complexity index is 1270. The van der Waals surface area contributed by atoms with E-state index in [-0.39, 0.29) is 24.1 Å². The third-order valence-electron chi connectivity index (χ3n) is 8.19. The molecular formula is C32H37N3O4. The van der Waals surface area contributed by atoms with Crippen molar-refractivity contribution < 1.29 is 19.4 Å². The highest BCUT2D eigenvalue weighted by molar-refractivity contribution is 5.95. The summed E-state index contributed by atoms with van der Waals surface area (Å²) >= 11 is 0. The first-order chi connectivity index (χ1) is 19.1. The van der Waals surface area contributed by atoms with Gasteiger partial charge < -0.3 is 19.5 Å². The first kappa shape index (κ1) is 26.0. The second kappa shape index (κ2) is 11.9. The molecule has 2 saturated heterocycles. The van der Waals surface area contributed by atoms with Gasteiger partial charge in [-0.3, -0.25) is 14.7 Å². The first-order valence-electron chi connectivity index (χ1n) is 14.2. The molecule has 3 aliphatic rings. The number of piperidine rings is 1. The molecule has 3 aliphatic heterocycles. The summed E-state index contributed by atoms with van der Waals surface area (Å²) in [6, 6.07) is 20.8. The Hall–Kier alpha value is -3.26. The number of aliphatic hydroxyl groups excluding tert-OH is 1. The number of carbonyl (C=O) groups is 1. The quantitative estimate of drug-likeness (QED) is 0.550. The minimum Gasteiger partial charge on any atom is -0.491 e. The molecule has 1 N–H and O–H groups in total. The summed E-state index contributed by atoms with van der Waals surface area (Å²) in [5.41, 5.74) is 5.17. The Labute approximate surface area is 230 Å². The fourth-order valence-corrected chi connectivity index (χ4v) is 6.38. The zero-order chi connectivity index (χ0) is 26.6. The van der Waals surface area contributed by atoms with Gasteiger partial charge in [-0.2, -0.15) is 0 Å². The van der Waals surface area contributed by atoms with Gasteiger partial charge in [-0.25, -0.2) is 0 Å². The zero-order valence-corrected chi connectivity index (χ0v) is 22.4. The van der Waals surface area contributed by atoms with Gasteiger partial charge in [-0.15, -0.1) is 0 Å². The number of aromatic nitrogens is 1. The second-order valence-electron chi connectivity index (χ2n) is 11.0. The standard InChI is InChI=1S/C32H37N3O4/c36-30-19-28-8-9-29(20-30)35(28)32(37)25-7-10-31-26(18-25)17-23-4-3-5-24(16-23)21-34(12-13-38-14-15-39-31)22-27-6-1-2-11-33-27/h1-7,10-11,16,18,28-30,36H,8-9,12-15,17,19-22H2. The van der Waals surface area contributed by atoms with Gasteiger partial charge in [-0.1, -0.05) is 30.3 Å². The van der Waals surface area contributed by atoms with Crippen LogP contribution >= 0.6 is 0 Å². The smallest absolute Gasteiger partial charge is 0.254 e. The van der Waals surface area contributed by atoms with Crippen molar-refractivity contribution in [3.05, 3.63) is 94.8 Å². The molecule has 6 rings (SSSR count). The minimum atomic E-state index is -0.292. The van der Waals surface area contributed by atoms with Gasteiger partial charge in [-0.05, 0) is 72.7 Å². The van der Waals surface area contributed by atoms with E-state index in [9.17, 15) is 9.90 Å². The van der Waals surface area contributed by atoms with Crippen molar-refractivity contribution in [2.24, 2.45) is 0 Å². The van der Waals surface area contributed by atoms with Crippen molar-refractivity contribution in [3.8, 4) is 5.75 Å². The van der Waals surface area contributed by atoms with Crippen molar-refractivity contribution in [2.75, 3.05) is 26.4 Å². The molecule has 2 atom stereocenters. The number of hydrogen-bond donors (Lipinski definition) is 1. The lowest BCUT2D eigenvalue weighted by molar-refractivity contribution is 0.0286. The highest BCUT2D eigenvalue weighted by atomic mass is 16.5. The van der Waals surface area contributed by atoms with Crippen molar-refractivity contribution in [1.82, 2.24) is 14.8 Å². The average Bonchev–Trinajstić information content (AvgIpc) is 3.21. The number of rotatable bonds is 3. The Morgan fingerprint density at radius 3 is 2.62 bits per heavy atom. The SMILES string of the molecule is O=C(c1ccc2c(c1)Cc1cccc(c1)CN(Cc1ccccn1)CCOCCO2)N1C2CCC1CC(O)C2. The molecule has 0 spiro atoms. The number of nitrogens with zero attached hydrogens (tertiary/aromatic N) is 3. The van der Waals surface area contributed by atoms with Crippen LogP contribution in [0, 0.1) is 0 Å².